The molecule has 1 N–H and O–H groups in total. The number of oxime groups is 1. The second-order valence-corrected chi connectivity index (χ2v) is 5.30. The molecule has 1 fully saturated rings. The van der Waals surface area contributed by atoms with Gasteiger partial charge in [-0.3, -0.25) is 4.90 Å². The topological polar surface area (TPSA) is 56.1 Å². The fourth-order valence-electron chi connectivity index (χ4n) is 2.98. The lowest BCUT2D eigenvalue weighted by Crippen LogP contribution is -2.48. The van der Waals surface area contributed by atoms with Crippen LogP contribution in [-0.4, -0.2) is 41.5 Å². The predicted molar refractivity (Wildman–Crippen MR) is 77.5 cm³/mol. The number of piperidine rings is 1. The number of anilines is 1. The number of amides is 2. The largest absolute Gasteiger partial charge is 0.411 e. The van der Waals surface area contributed by atoms with Gasteiger partial charge in [0, 0.05) is 31.6 Å². The molecule has 0 aromatic heterocycles. The van der Waals surface area contributed by atoms with Crippen LogP contribution in [0, 0.1) is 0 Å². The highest BCUT2D eigenvalue weighted by atomic mass is 16.4. The first-order valence-corrected chi connectivity index (χ1v) is 7.18. The van der Waals surface area contributed by atoms with Crippen molar-refractivity contribution in [2.24, 2.45) is 5.16 Å². The Balaban J connectivity index is 1.89. The van der Waals surface area contributed by atoms with Gasteiger partial charge >= 0.3 is 6.03 Å². The zero-order valence-corrected chi connectivity index (χ0v) is 11.5. The third-order valence-electron chi connectivity index (χ3n) is 4.06. The van der Waals surface area contributed by atoms with E-state index in [-0.39, 0.29) is 6.03 Å². The molecule has 2 aliphatic heterocycles. The summed E-state index contributed by atoms with van der Waals surface area (Å²) in [6.07, 6.45) is 3.98. The van der Waals surface area contributed by atoms with Crippen LogP contribution >= 0.6 is 0 Å². The summed E-state index contributed by atoms with van der Waals surface area (Å²) >= 11 is 0. The summed E-state index contributed by atoms with van der Waals surface area (Å²) in [5.74, 6) is 0. The maximum absolute atomic E-state index is 12.7. The second kappa shape index (κ2) is 5.53. The highest BCUT2D eigenvalue weighted by Crippen LogP contribution is 2.28. The number of hydrogen-bond acceptors (Lipinski definition) is 3. The van der Waals surface area contributed by atoms with Gasteiger partial charge in [0.25, 0.3) is 0 Å². The maximum atomic E-state index is 12.7. The fraction of sp³-hybridized carbons (Fsp3) is 0.467. The highest BCUT2D eigenvalue weighted by molar-refractivity contribution is 6.10. The zero-order chi connectivity index (χ0) is 13.9. The van der Waals surface area contributed by atoms with Gasteiger partial charge in [-0.05, 0) is 25.3 Å². The Morgan fingerprint density at radius 1 is 1.10 bits per heavy atom. The highest BCUT2D eigenvalue weighted by Gasteiger charge is 2.29. The number of rotatable bonds is 0. The average molecular weight is 273 g/mol. The molecule has 0 aliphatic carbocycles. The summed E-state index contributed by atoms with van der Waals surface area (Å²) in [5, 5.41) is 12.4. The molecule has 1 aromatic rings. The van der Waals surface area contributed by atoms with E-state index in [2.05, 4.69) is 5.16 Å². The molecule has 1 saturated heterocycles. The quantitative estimate of drug-likeness (QED) is 0.583. The van der Waals surface area contributed by atoms with E-state index in [0.717, 1.165) is 37.2 Å². The van der Waals surface area contributed by atoms with E-state index >= 15 is 0 Å². The van der Waals surface area contributed by atoms with Crippen LogP contribution in [0.15, 0.2) is 29.4 Å². The van der Waals surface area contributed by atoms with Crippen molar-refractivity contribution in [1.29, 1.82) is 0 Å². The third-order valence-corrected chi connectivity index (χ3v) is 4.06. The van der Waals surface area contributed by atoms with E-state index in [1.54, 1.807) is 0 Å². The molecule has 0 saturated carbocycles. The first-order chi connectivity index (χ1) is 9.81. The molecule has 2 heterocycles. The number of fused-ring (bicyclic) bond motifs is 1. The minimum atomic E-state index is 0.0779. The smallest absolute Gasteiger partial charge is 0.324 e. The standard InChI is InChI=1S/C15H19N3O2/c19-15(17-9-4-1-5-10-17)18-11-8-13(16-20)12-6-2-3-7-14(12)18/h2-3,6-7,20H,1,4-5,8-11H2. The zero-order valence-electron chi connectivity index (χ0n) is 11.5. The molecule has 2 amide bonds. The summed E-state index contributed by atoms with van der Waals surface area (Å²) in [5.41, 5.74) is 2.36. The number of likely N-dealkylation sites (tertiary alicyclic amines) is 1. The van der Waals surface area contributed by atoms with Crippen molar-refractivity contribution in [3.05, 3.63) is 29.8 Å². The molecule has 0 radical (unpaired) electrons. The van der Waals surface area contributed by atoms with Gasteiger partial charge in [-0.2, -0.15) is 0 Å². The Kier molecular flexibility index (Phi) is 3.58. The first kappa shape index (κ1) is 13.0. The Bertz CT molecular complexity index is 536. The Hall–Kier alpha value is -2.04. The van der Waals surface area contributed by atoms with Crippen LogP contribution in [0.2, 0.25) is 0 Å². The van der Waals surface area contributed by atoms with Crippen LogP contribution in [0.4, 0.5) is 10.5 Å². The normalized spacial score (nSPS) is 20.9. The van der Waals surface area contributed by atoms with Crippen molar-refractivity contribution in [3.63, 3.8) is 0 Å². The van der Waals surface area contributed by atoms with Crippen molar-refractivity contribution in [1.82, 2.24) is 4.90 Å². The lowest BCUT2D eigenvalue weighted by Gasteiger charge is -2.36. The van der Waals surface area contributed by atoms with Crippen LogP contribution in [0.25, 0.3) is 0 Å². The van der Waals surface area contributed by atoms with E-state index < -0.39 is 0 Å². The lowest BCUT2D eigenvalue weighted by atomic mass is 10.00. The Morgan fingerprint density at radius 2 is 1.85 bits per heavy atom. The summed E-state index contributed by atoms with van der Waals surface area (Å²) in [6.45, 7) is 2.27. The molecule has 2 aliphatic rings. The van der Waals surface area contributed by atoms with Gasteiger partial charge in [-0.1, -0.05) is 23.4 Å². The number of carbonyl (C=O) groups excluding carboxylic acids is 1. The molecule has 0 atom stereocenters. The number of carbonyl (C=O) groups is 1. The molecule has 1 aromatic carbocycles. The minimum Gasteiger partial charge on any atom is -0.411 e. The summed E-state index contributed by atoms with van der Waals surface area (Å²) in [7, 11) is 0. The first-order valence-electron chi connectivity index (χ1n) is 7.18. The SMILES string of the molecule is O=C(N1CCCCC1)N1CCC(=NO)c2ccccc21. The number of benzene rings is 1. The Morgan fingerprint density at radius 3 is 2.60 bits per heavy atom. The average Bonchev–Trinajstić information content (AvgIpc) is 2.54. The number of urea groups is 1. The van der Waals surface area contributed by atoms with Gasteiger partial charge in [0.2, 0.25) is 0 Å². The van der Waals surface area contributed by atoms with Gasteiger partial charge < -0.3 is 10.1 Å². The molecule has 5 nitrogen and oxygen atoms in total. The van der Waals surface area contributed by atoms with Crippen molar-refractivity contribution in [2.45, 2.75) is 25.7 Å². The summed E-state index contributed by atoms with van der Waals surface area (Å²) < 4.78 is 0. The van der Waals surface area contributed by atoms with Crippen molar-refractivity contribution < 1.29 is 10.0 Å². The molecular weight excluding hydrogens is 254 g/mol. The van der Waals surface area contributed by atoms with Crippen molar-refractivity contribution in [2.75, 3.05) is 24.5 Å². The number of nitrogens with zero attached hydrogens (tertiary/aromatic N) is 3. The molecule has 20 heavy (non-hydrogen) atoms. The van der Waals surface area contributed by atoms with Crippen LogP contribution in [-0.2, 0) is 0 Å². The molecular formula is C15H19N3O2. The fourth-order valence-corrected chi connectivity index (χ4v) is 2.98. The van der Waals surface area contributed by atoms with Crippen LogP contribution in [0.1, 0.15) is 31.2 Å². The van der Waals surface area contributed by atoms with Gasteiger partial charge in [0.1, 0.15) is 0 Å². The molecule has 3 rings (SSSR count). The predicted octanol–water partition coefficient (Wildman–Crippen LogP) is 2.68. The minimum absolute atomic E-state index is 0.0779. The van der Waals surface area contributed by atoms with Crippen LogP contribution in [0.3, 0.4) is 0 Å². The van der Waals surface area contributed by atoms with E-state index in [1.807, 2.05) is 34.1 Å². The van der Waals surface area contributed by atoms with E-state index in [1.165, 1.54) is 6.42 Å². The van der Waals surface area contributed by atoms with E-state index in [4.69, 9.17) is 5.21 Å². The second-order valence-electron chi connectivity index (χ2n) is 5.30. The molecule has 5 heteroatoms. The molecule has 0 unspecified atom stereocenters. The maximum Gasteiger partial charge on any atom is 0.324 e. The van der Waals surface area contributed by atoms with Gasteiger partial charge in [0.05, 0.1) is 11.4 Å². The molecule has 106 valence electrons. The lowest BCUT2D eigenvalue weighted by molar-refractivity contribution is 0.193. The molecule has 0 spiro atoms. The number of hydrogen-bond donors (Lipinski definition) is 1. The summed E-state index contributed by atoms with van der Waals surface area (Å²) in [6, 6.07) is 7.71. The van der Waals surface area contributed by atoms with Crippen LogP contribution in [0.5, 0.6) is 0 Å². The van der Waals surface area contributed by atoms with Crippen molar-refractivity contribution in [3.8, 4) is 0 Å². The summed E-state index contributed by atoms with van der Waals surface area (Å²) in [4.78, 5) is 16.4. The van der Waals surface area contributed by atoms with Crippen LogP contribution < -0.4 is 4.90 Å². The van der Waals surface area contributed by atoms with Gasteiger partial charge in [-0.15, -0.1) is 0 Å². The van der Waals surface area contributed by atoms with Gasteiger partial charge in [-0.25, -0.2) is 4.79 Å². The third kappa shape index (κ3) is 2.24. The van der Waals surface area contributed by atoms with E-state index in [0.29, 0.717) is 18.7 Å². The number of para-hydroxylation sites is 1. The molecule has 0 bridgehead atoms. The van der Waals surface area contributed by atoms with Crippen molar-refractivity contribution >= 4 is 17.4 Å². The van der Waals surface area contributed by atoms with E-state index in [9.17, 15) is 4.79 Å². The monoisotopic (exact) mass is 273 g/mol. The Labute approximate surface area is 118 Å². The van der Waals surface area contributed by atoms with Gasteiger partial charge in [0.15, 0.2) is 0 Å².